The minimum Gasteiger partial charge on any atom is -0.324 e. The molecule has 2 N–H and O–H groups in total. The van der Waals surface area contributed by atoms with E-state index in [0.717, 1.165) is 6.07 Å². The summed E-state index contributed by atoms with van der Waals surface area (Å²) in [7, 11) is 0. The van der Waals surface area contributed by atoms with E-state index >= 15 is 0 Å². The molecule has 0 atom stereocenters. The van der Waals surface area contributed by atoms with E-state index < -0.39 is 17.6 Å². The predicted octanol–water partition coefficient (Wildman–Crippen LogP) is 4.36. The van der Waals surface area contributed by atoms with E-state index in [1.165, 1.54) is 36.7 Å². The summed E-state index contributed by atoms with van der Waals surface area (Å²) in [5.74, 6) is -0.600. The third-order valence-electron chi connectivity index (χ3n) is 3.64. The van der Waals surface area contributed by atoms with Crippen LogP contribution in [0.15, 0.2) is 60.9 Å². The smallest absolute Gasteiger partial charge is 0.324 e. The van der Waals surface area contributed by atoms with Crippen molar-refractivity contribution in [2.24, 2.45) is 0 Å². The van der Waals surface area contributed by atoms with Gasteiger partial charge in [-0.05, 0) is 30.3 Å². The first-order valence-electron chi connectivity index (χ1n) is 7.93. The van der Waals surface area contributed by atoms with Crippen LogP contribution in [0.5, 0.6) is 0 Å². The lowest BCUT2D eigenvalue weighted by atomic mass is 10.1. The first kappa shape index (κ1) is 18.8. The molecule has 0 saturated carbocycles. The molecule has 1 aromatic heterocycles. The number of para-hydroxylation sites is 1. The maximum atomic E-state index is 13.0. The Kier molecular flexibility index (Phi) is 5.22. The normalized spacial score (nSPS) is 10.8. The molecule has 3 aromatic rings. The number of carbonyl (C=O) groups is 1. The number of amides is 1. The topological polar surface area (TPSA) is 90.7 Å². The summed E-state index contributed by atoms with van der Waals surface area (Å²) in [4.78, 5) is 20.0. The molecule has 0 aliphatic carbocycles. The molecule has 0 bridgehead atoms. The van der Waals surface area contributed by atoms with Gasteiger partial charge >= 0.3 is 6.18 Å². The molecule has 0 radical (unpaired) electrons. The number of benzene rings is 2. The van der Waals surface area contributed by atoms with Crippen molar-refractivity contribution in [1.82, 2.24) is 9.97 Å². The molecule has 1 amide bonds. The van der Waals surface area contributed by atoms with Crippen LogP contribution in [-0.4, -0.2) is 15.9 Å². The summed E-state index contributed by atoms with van der Waals surface area (Å²) in [5.41, 5.74) is -0.127. The minimum absolute atomic E-state index is 0.0836. The van der Waals surface area contributed by atoms with Gasteiger partial charge in [0.2, 0.25) is 5.95 Å². The van der Waals surface area contributed by atoms with Gasteiger partial charge < -0.3 is 10.6 Å². The number of nitriles is 1. The van der Waals surface area contributed by atoms with Crippen LogP contribution in [0.3, 0.4) is 0 Å². The van der Waals surface area contributed by atoms with Crippen LogP contribution >= 0.6 is 0 Å². The Hall–Kier alpha value is -3.93. The van der Waals surface area contributed by atoms with E-state index in [0.29, 0.717) is 11.3 Å². The van der Waals surface area contributed by atoms with E-state index in [-0.39, 0.29) is 17.2 Å². The number of halogens is 3. The van der Waals surface area contributed by atoms with Crippen LogP contribution in [0.4, 0.5) is 30.5 Å². The zero-order valence-electron chi connectivity index (χ0n) is 14.2. The summed E-state index contributed by atoms with van der Waals surface area (Å²) in [6, 6.07) is 13.2. The lowest BCUT2D eigenvalue weighted by molar-refractivity contribution is -0.136. The third-order valence-corrected chi connectivity index (χ3v) is 3.64. The van der Waals surface area contributed by atoms with Crippen molar-refractivity contribution in [2.45, 2.75) is 6.18 Å². The first-order valence-corrected chi connectivity index (χ1v) is 7.93. The fourth-order valence-corrected chi connectivity index (χ4v) is 2.34. The molecule has 0 fully saturated rings. The van der Waals surface area contributed by atoms with Gasteiger partial charge in [0.1, 0.15) is 0 Å². The lowest BCUT2D eigenvalue weighted by Crippen LogP contribution is -2.13. The van der Waals surface area contributed by atoms with E-state index in [1.54, 1.807) is 18.2 Å². The number of rotatable bonds is 4. The van der Waals surface area contributed by atoms with Gasteiger partial charge in [-0.1, -0.05) is 18.2 Å². The number of aromatic nitrogens is 2. The van der Waals surface area contributed by atoms with E-state index in [4.69, 9.17) is 5.26 Å². The summed E-state index contributed by atoms with van der Waals surface area (Å²) < 4.78 is 39.1. The van der Waals surface area contributed by atoms with Gasteiger partial charge in [0.25, 0.3) is 5.91 Å². The van der Waals surface area contributed by atoms with Crippen molar-refractivity contribution < 1.29 is 18.0 Å². The summed E-state index contributed by atoms with van der Waals surface area (Å²) >= 11 is 0. The predicted molar refractivity (Wildman–Crippen MR) is 95.9 cm³/mol. The fourth-order valence-electron chi connectivity index (χ4n) is 2.34. The lowest BCUT2D eigenvalue weighted by Gasteiger charge is -2.13. The van der Waals surface area contributed by atoms with Crippen LogP contribution in [0.25, 0.3) is 0 Å². The van der Waals surface area contributed by atoms with Gasteiger partial charge in [-0.2, -0.15) is 18.4 Å². The van der Waals surface area contributed by atoms with Crippen molar-refractivity contribution >= 4 is 23.2 Å². The first-order chi connectivity index (χ1) is 13.4. The van der Waals surface area contributed by atoms with Crippen molar-refractivity contribution in [1.29, 1.82) is 5.26 Å². The van der Waals surface area contributed by atoms with Gasteiger partial charge in [0, 0.05) is 18.1 Å². The molecule has 0 saturated heterocycles. The standard InChI is InChI=1S/C19H12F3N5O/c20-19(21,22)15-6-1-2-7-16(15)27-18-24-10-13(11-25-18)17(28)26-14-5-3-4-12(8-14)9-23/h1-8,10-11H,(H,26,28)(H,24,25,27). The Bertz CT molecular complexity index is 1040. The number of alkyl halides is 3. The third kappa shape index (κ3) is 4.42. The highest BCUT2D eigenvalue weighted by Crippen LogP contribution is 2.35. The van der Waals surface area contributed by atoms with Gasteiger partial charge in [-0.3, -0.25) is 4.79 Å². The molecule has 0 unspecified atom stereocenters. The van der Waals surface area contributed by atoms with Crippen LogP contribution in [0.1, 0.15) is 21.5 Å². The van der Waals surface area contributed by atoms with Crippen molar-refractivity contribution in [3.05, 3.63) is 77.6 Å². The summed E-state index contributed by atoms with van der Waals surface area (Å²) in [6.45, 7) is 0. The zero-order valence-corrected chi connectivity index (χ0v) is 14.2. The number of hydrogen-bond acceptors (Lipinski definition) is 5. The fraction of sp³-hybridized carbons (Fsp3) is 0.0526. The quantitative estimate of drug-likeness (QED) is 0.698. The van der Waals surface area contributed by atoms with Crippen molar-refractivity contribution in [2.75, 3.05) is 10.6 Å². The van der Waals surface area contributed by atoms with Gasteiger partial charge in [-0.25, -0.2) is 9.97 Å². The molecule has 2 aromatic carbocycles. The molecular formula is C19H12F3N5O. The Morgan fingerprint density at radius 3 is 2.43 bits per heavy atom. The van der Waals surface area contributed by atoms with Crippen LogP contribution < -0.4 is 10.6 Å². The second kappa shape index (κ2) is 7.75. The van der Waals surface area contributed by atoms with Crippen LogP contribution in [0, 0.1) is 11.3 Å². The molecule has 140 valence electrons. The Morgan fingerprint density at radius 1 is 1.04 bits per heavy atom. The molecule has 6 nitrogen and oxygen atoms in total. The number of carbonyl (C=O) groups excluding carboxylic acids is 1. The molecular weight excluding hydrogens is 371 g/mol. The highest BCUT2D eigenvalue weighted by Gasteiger charge is 2.33. The molecule has 0 aliphatic rings. The van der Waals surface area contributed by atoms with Crippen molar-refractivity contribution in [3.8, 4) is 6.07 Å². The van der Waals surface area contributed by atoms with Gasteiger partial charge in [0.05, 0.1) is 28.4 Å². The summed E-state index contributed by atoms with van der Waals surface area (Å²) in [5, 5.41) is 14.0. The molecule has 3 rings (SSSR count). The Morgan fingerprint density at radius 2 is 1.75 bits per heavy atom. The maximum Gasteiger partial charge on any atom is 0.418 e. The second-order valence-electron chi connectivity index (χ2n) is 5.61. The molecule has 0 spiro atoms. The Labute approximate surface area is 157 Å². The van der Waals surface area contributed by atoms with E-state index in [9.17, 15) is 18.0 Å². The van der Waals surface area contributed by atoms with Crippen molar-refractivity contribution in [3.63, 3.8) is 0 Å². The Balaban J connectivity index is 1.74. The second-order valence-corrected chi connectivity index (χ2v) is 5.61. The zero-order chi connectivity index (χ0) is 20.1. The molecule has 28 heavy (non-hydrogen) atoms. The summed E-state index contributed by atoms with van der Waals surface area (Å²) in [6.07, 6.45) is -2.15. The largest absolute Gasteiger partial charge is 0.418 e. The molecule has 1 heterocycles. The highest BCUT2D eigenvalue weighted by molar-refractivity contribution is 6.04. The number of anilines is 3. The highest BCUT2D eigenvalue weighted by atomic mass is 19.4. The van der Waals surface area contributed by atoms with E-state index in [2.05, 4.69) is 20.6 Å². The number of nitrogens with one attached hydrogen (secondary N) is 2. The number of hydrogen-bond donors (Lipinski definition) is 2. The average Bonchev–Trinajstić information content (AvgIpc) is 2.68. The SMILES string of the molecule is N#Cc1cccc(NC(=O)c2cnc(Nc3ccccc3C(F)(F)F)nc2)c1. The number of nitrogens with zero attached hydrogens (tertiary/aromatic N) is 3. The van der Waals surface area contributed by atoms with Gasteiger partial charge in [0.15, 0.2) is 0 Å². The maximum absolute atomic E-state index is 13.0. The minimum atomic E-state index is -4.53. The average molecular weight is 383 g/mol. The monoisotopic (exact) mass is 383 g/mol. The molecule has 0 aliphatic heterocycles. The van der Waals surface area contributed by atoms with Gasteiger partial charge in [-0.15, -0.1) is 0 Å². The van der Waals surface area contributed by atoms with E-state index in [1.807, 2.05) is 6.07 Å². The molecule has 9 heteroatoms. The van der Waals surface area contributed by atoms with Crippen LogP contribution in [0.2, 0.25) is 0 Å². The van der Waals surface area contributed by atoms with Crippen LogP contribution in [-0.2, 0) is 6.18 Å².